The highest BCUT2D eigenvalue weighted by atomic mass is 16.5. The molecule has 0 aromatic heterocycles. The van der Waals surface area contributed by atoms with Crippen LogP contribution in [0.2, 0.25) is 0 Å². The Morgan fingerprint density at radius 3 is 1.19 bits per heavy atom. The van der Waals surface area contributed by atoms with Gasteiger partial charge < -0.3 is 14.9 Å². The average Bonchev–Trinajstić information content (AvgIpc) is 2.25. The van der Waals surface area contributed by atoms with E-state index >= 15 is 0 Å². The normalized spacial score (nSPS) is 11.3. The lowest BCUT2D eigenvalue weighted by atomic mass is 10.1. The molecule has 0 spiro atoms. The van der Waals surface area contributed by atoms with Gasteiger partial charge in [-0.1, -0.05) is 0 Å². The number of aliphatic carboxylic acids is 2. The topological polar surface area (TPSA) is 156 Å². The van der Waals surface area contributed by atoms with Crippen LogP contribution in [0.1, 0.15) is 41.5 Å². The third-order valence-corrected chi connectivity index (χ3v) is 1.90. The Morgan fingerprint density at radius 1 is 0.857 bits per heavy atom. The molecule has 4 N–H and O–H groups in total. The van der Waals surface area contributed by atoms with Crippen molar-refractivity contribution in [3.05, 3.63) is 0 Å². The summed E-state index contributed by atoms with van der Waals surface area (Å²) in [5.74, 6) is -2.18. The van der Waals surface area contributed by atoms with Gasteiger partial charge in [0.15, 0.2) is 22.9 Å². The molecule has 0 saturated heterocycles. The van der Waals surface area contributed by atoms with Crippen LogP contribution in [0.25, 0.3) is 0 Å². The maximum atomic E-state index is 10.6. The molecular formula is C12H22N4O5. The van der Waals surface area contributed by atoms with Gasteiger partial charge in [0.1, 0.15) is 0 Å². The van der Waals surface area contributed by atoms with Crippen molar-refractivity contribution in [2.75, 3.05) is 0 Å². The number of nitrogens with one attached hydrogen (secondary N) is 2. The second-order valence-electron chi connectivity index (χ2n) is 5.14. The van der Waals surface area contributed by atoms with Gasteiger partial charge in [0.05, 0.1) is 0 Å². The molecule has 0 aliphatic heterocycles. The van der Waals surface area contributed by atoms with Crippen LogP contribution in [-0.2, 0) is 14.3 Å². The number of carbonyl (C=O) groups is 2. The van der Waals surface area contributed by atoms with E-state index in [1.165, 1.54) is 41.5 Å². The minimum absolute atomic E-state index is 0.0625. The van der Waals surface area contributed by atoms with E-state index < -0.39 is 23.0 Å². The SMILES string of the molecule is CC(=N)OC(C)=N.CC(C)(/N=N/C(C)(C)C(=O)O)C(=O)O. The summed E-state index contributed by atoms with van der Waals surface area (Å²) >= 11 is 0. The molecule has 21 heavy (non-hydrogen) atoms. The standard InChI is InChI=1S/C8H14N2O4.C4H8N2O/c1-7(2,5(11)12)9-10-8(3,4)6(13)14;1-3(5)7-4(2)6/h1-4H3,(H,11,12)(H,13,14);5-6H,1-2H3/b10-9+;. The van der Waals surface area contributed by atoms with Gasteiger partial charge in [0.25, 0.3) is 0 Å². The molecule has 0 fully saturated rings. The van der Waals surface area contributed by atoms with E-state index in [4.69, 9.17) is 21.0 Å². The van der Waals surface area contributed by atoms with E-state index in [0.717, 1.165) is 0 Å². The summed E-state index contributed by atoms with van der Waals surface area (Å²) in [6.07, 6.45) is 0. The Bertz CT molecular complexity index is 415. The Kier molecular flexibility index (Phi) is 8.07. The zero-order valence-corrected chi connectivity index (χ0v) is 13.0. The van der Waals surface area contributed by atoms with Gasteiger partial charge in [-0.05, 0) is 27.7 Å². The maximum absolute atomic E-state index is 10.6. The van der Waals surface area contributed by atoms with Crippen molar-refractivity contribution in [2.45, 2.75) is 52.6 Å². The van der Waals surface area contributed by atoms with Gasteiger partial charge in [-0.3, -0.25) is 10.8 Å². The fourth-order valence-corrected chi connectivity index (χ4v) is 0.565. The lowest BCUT2D eigenvalue weighted by molar-refractivity contribution is -0.144. The Morgan fingerprint density at radius 2 is 1.10 bits per heavy atom. The highest BCUT2D eigenvalue weighted by Crippen LogP contribution is 2.15. The van der Waals surface area contributed by atoms with Crippen LogP contribution in [-0.4, -0.2) is 45.0 Å². The van der Waals surface area contributed by atoms with E-state index in [1.807, 2.05) is 0 Å². The van der Waals surface area contributed by atoms with Crippen LogP contribution >= 0.6 is 0 Å². The third-order valence-electron chi connectivity index (χ3n) is 1.90. The van der Waals surface area contributed by atoms with Crippen LogP contribution < -0.4 is 0 Å². The highest BCUT2D eigenvalue weighted by Gasteiger charge is 2.31. The number of nitrogens with zero attached hydrogens (tertiary/aromatic N) is 2. The number of hydrogen-bond acceptors (Lipinski definition) is 7. The predicted octanol–water partition coefficient (Wildman–Crippen LogP) is 2.16. The van der Waals surface area contributed by atoms with Crippen molar-refractivity contribution < 1.29 is 24.5 Å². The van der Waals surface area contributed by atoms with E-state index in [9.17, 15) is 9.59 Å². The van der Waals surface area contributed by atoms with Crippen molar-refractivity contribution in [2.24, 2.45) is 10.2 Å². The summed E-state index contributed by atoms with van der Waals surface area (Å²) < 4.78 is 4.42. The molecule has 9 heteroatoms. The second-order valence-corrected chi connectivity index (χ2v) is 5.14. The zero-order valence-electron chi connectivity index (χ0n) is 13.0. The van der Waals surface area contributed by atoms with Gasteiger partial charge >= 0.3 is 11.9 Å². The molecule has 0 bridgehead atoms. The average molecular weight is 302 g/mol. The molecule has 0 unspecified atom stereocenters. The largest absolute Gasteiger partial charge is 0.479 e. The molecule has 0 aromatic rings. The molecule has 0 rings (SSSR count). The van der Waals surface area contributed by atoms with Crippen LogP contribution in [0.3, 0.4) is 0 Å². The minimum atomic E-state index is -1.40. The van der Waals surface area contributed by atoms with Crippen molar-refractivity contribution in [3.63, 3.8) is 0 Å². The summed E-state index contributed by atoms with van der Waals surface area (Å²) in [6, 6.07) is 0. The van der Waals surface area contributed by atoms with Gasteiger partial charge in [-0.15, -0.1) is 0 Å². The van der Waals surface area contributed by atoms with E-state index in [-0.39, 0.29) is 11.8 Å². The summed E-state index contributed by atoms with van der Waals surface area (Å²) in [4.78, 5) is 21.2. The van der Waals surface area contributed by atoms with Crippen LogP contribution in [0, 0.1) is 10.8 Å². The molecule has 0 aliphatic carbocycles. The molecule has 0 atom stereocenters. The molecule has 0 amide bonds. The van der Waals surface area contributed by atoms with E-state index in [0.29, 0.717) is 0 Å². The second kappa shape index (κ2) is 8.08. The molecule has 0 aromatic carbocycles. The van der Waals surface area contributed by atoms with Gasteiger partial charge in [0, 0.05) is 13.8 Å². The van der Waals surface area contributed by atoms with Gasteiger partial charge in [0.2, 0.25) is 0 Å². The monoisotopic (exact) mass is 302 g/mol. The first kappa shape index (κ1) is 21.0. The predicted molar refractivity (Wildman–Crippen MR) is 76.2 cm³/mol. The first-order valence-corrected chi connectivity index (χ1v) is 5.91. The number of rotatable bonds is 4. The summed E-state index contributed by atoms with van der Waals surface area (Å²) in [5.41, 5.74) is -2.79. The highest BCUT2D eigenvalue weighted by molar-refractivity contribution is 5.85. The molecule has 0 aliphatic rings. The maximum Gasteiger partial charge on any atom is 0.332 e. The number of azo groups is 1. The number of ether oxygens (including phenoxy) is 1. The molecule has 120 valence electrons. The first-order valence-electron chi connectivity index (χ1n) is 5.91. The number of carboxylic acids is 2. The smallest absolute Gasteiger partial charge is 0.332 e. The van der Waals surface area contributed by atoms with Gasteiger partial charge in [-0.25, -0.2) is 9.59 Å². The zero-order chi connectivity index (χ0) is 17.4. The third kappa shape index (κ3) is 10.2. The van der Waals surface area contributed by atoms with Crippen LogP contribution in [0.15, 0.2) is 10.2 Å². The van der Waals surface area contributed by atoms with Crippen molar-refractivity contribution in [3.8, 4) is 0 Å². The fraction of sp³-hybridized carbons (Fsp3) is 0.667. The molecular weight excluding hydrogens is 280 g/mol. The molecule has 0 radical (unpaired) electrons. The first-order chi connectivity index (χ1) is 9.22. The quantitative estimate of drug-likeness (QED) is 0.355. The van der Waals surface area contributed by atoms with Crippen LogP contribution in [0.5, 0.6) is 0 Å². The molecule has 0 saturated carbocycles. The Balaban J connectivity index is 0. The van der Waals surface area contributed by atoms with E-state index in [2.05, 4.69) is 15.0 Å². The fourth-order valence-electron chi connectivity index (χ4n) is 0.565. The minimum Gasteiger partial charge on any atom is -0.479 e. The van der Waals surface area contributed by atoms with Crippen molar-refractivity contribution >= 4 is 23.7 Å². The summed E-state index contributed by atoms with van der Waals surface area (Å²) in [7, 11) is 0. The summed E-state index contributed by atoms with van der Waals surface area (Å²) in [6.45, 7) is 8.34. The van der Waals surface area contributed by atoms with Gasteiger partial charge in [-0.2, -0.15) is 10.2 Å². The van der Waals surface area contributed by atoms with Crippen molar-refractivity contribution in [1.82, 2.24) is 0 Å². The molecule has 0 heterocycles. The van der Waals surface area contributed by atoms with Crippen molar-refractivity contribution in [1.29, 1.82) is 10.8 Å². The van der Waals surface area contributed by atoms with E-state index in [1.54, 1.807) is 0 Å². The lowest BCUT2D eigenvalue weighted by Crippen LogP contribution is -2.32. The Labute approximate surface area is 123 Å². The number of hydrogen-bond donors (Lipinski definition) is 4. The lowest BCUT2D eigenvalue weighted by Gasteiger charge is -2.16. The van der Waals surface area contributed by atoms with Crippen LogP contribution in [0.4, 0.5) is 0 Å². The summed E-state index contributed by atoms with van der Waals surface area (Å²) in [5, 5.41) is 37.7. The Hall–Kier alpha value is -2.32. The number of carboxylic acid groups (broad SMARTS) is 2. The molecule has 9 nitrogen and oxygen atoms in total.